The van der Waals surface area contributed by atoms with Gasteiger partial charge in [0.1, 0.15) is 20.2 Å². The third-order valence-electron chi connectivity index (χ3n) is 6.73. The Morgan fingerprint density at radius 1 is 0.868 bits per heavy atom. The molecule has 5 aromatic rings. The summed E-state index contributed by atoms with van der Waals surface area (Å²) in [5.74, 6) is 0.777. The van der Waals surface area contributed by atoms with E-state index in [-0.39, 0.29) is 0 Å². The van der Waals surface area contributed by atoms with E-state index < -0.39 is 0 Å². The van der Waals surface area contributed by atoms with Gasteiger partial charge >= 0.3 is 0 Å². The molecule has 192 valence electrons. The second kappa shape index (κ2) is 12.2. The number of hydrogen-bond acceptors (Lipinski definition) is 6. The minimum atomic E-state index is 0.502. The maximum absolute atomic E-state index is 5.99. The minimum Gasteiger partial charge on any atom is -0.491 e. The molecule has 0 fully saturated rings. The molecule has 0 atom stereocenters. The average Bonchev–Trinajstić information content (AvgIpc) is 3.36. The zero-order valence-electron chi connectivity index (χ0n) is 22.2. The van der Waals surface area contributed by atoms with Crippen LogP contribution in [0.1, 0.15) is 39.5 Å². The number of aromatic nitrogens is 5. The average molecular weight is 504 g/mol. The number of rotatable bonds is 12. The quantitative estimate of drug-likeness (QED) is 0.174. The summed E-state index contributed by atoms with van der Waals surface area (Å²) in [6.07, 6.45) is 12.3. The molecule has 0 aliphatic heterocycles. The zero-order valence-corrected chi connectivity index (χ0v) is 22.2. The highest BCUT2D eigenvalue weighted by Gasteiger charge is 2.13. The van der Waals surface area contributed by atoms with Crippen LogP contribution in [0.25, 0.3) is 38.9 Å². The molecule has 0 spiro atoms. The smallest absolute Gasteiger partial charge is 0.162 e. The summed E-state index contributed by atoms with van der Waals surface area (Å²) in [7, 11) is 5.88. The number of unbranched alkanes of at least 4 members (excludes halogenated alkanes) is 2. The van der Waals surface area contributed by atoms with Crippen LogP contribution >= 0.6 is 0 Å². The monoisotopic (exact) mass is 504 g/mol. The van der Waals surface area contributed by atoms with Crippen molar-refractivity contribution in [2.45, 2.75) is 39.5 Å². The number of fused-ring (bicyclic) bond motifs is 2. The van der Waals surface area contributed by atoms with E-state index in [1.807, 2.05) is 55.0 Å². The Bertz CT molecular complexity index is 1500. The van der Waals surface area contributed by atoms with E-state index in [0.717, 1.165) is 70.7 Å². The Hall–Kier alpha value is -3.78. The largest absolute Gasteiger partial charge is 0.491 e. The van der Waals surface area contributed by atoms with Crippen LogP contribution < -0.4 is 10.3 Å². The Morgan fingerprint density at radius 3 is 2.61 bits per heavy atom. The van der Waals surface area contributed by atoms with Gasteiger partial charge in [0.05, 0.1) is 23.6 Å². The van der Waals surface area contributed by atoms with Crippen molar-refractivity contribution in [1.82, 2.24) is 29.5 Å². The van der Waals surface area contributed by atoms with Gasteiger partial charge in [-0.05, 0) is 55.3 Å². The van der Waals surface area contributed by atoms with Crippen LogP contribution in [0.4, 0.5) is 0 Å². The molecule has 0 aliphatic rings. The highest BCUT2D eigenvalue weighted by Crippen LogP contribution is 2.30. The van der Waals surface area contributed by atoms with Crippen LogP contribution in [0.3, 0.4) is 0 Å². The first kappa shape index (κ1) is 25.9. The van der Waals surface area contributed by atoms with E-state index in [9.17, 15) is 0 Å². The van der Waals surface area contributed by atoms with E-state index in [4.69, 9.17) is 17.6 Å². The Labute approximate surface area is 225 Å². The Morgan fingerprint density at radius 2 is 1.79 bits per heavy atom. The van der Waals surface area contributed by atoms with Crippen LogP contribution in [-0.4, -0.2) is 63.6 Å². The predicted octanol–water partition coefficient (Wildman–Crippen LogP) is 5.08. The fraction of sp³-hybridized carbons (Fsp3) is 0.333. The van der Waals surface area contributed by atoms with Crippen LogP contribution in [0.2, 0.25) is 0 Å². The summed E-state index contributed by atoms with van der Waals surface area (Å²) in [6, 6.07) is 13.7. The van der Waals surface area contributed by atoms with Gasteiger partial charge < -0.3 is 4.74 Å². The summed E-state index contributed by atoms with van der Waals surface area (Å²) in [5, 5.41) is 5.59. The Balaban J connectivity index is 1.28. The van der Waals surface area contributed by atoms with Crippen molar-refractivity contribution in [3.8, 4) is 28.1 Å². The highest BCUT2D eigenvalue weighted by molar-refractivity contribution is 6.31. The molecule has 1 aromatic carbocycles. The molecule has 5 rings (SSSR count). The van der Waals surface area contributed by atoms with Crippen molar-refractivity contribution in [2.75, 3.05) is 26.2 Å². The predicted molar refractivity (Wildman–Crippen MR) is 154 cm³/mol. The number of nitrogens with zero attached hydrogens (tertiary/aromatic N) is 6. The maximum atomic E-state index is 5.99. The van der Waals surface area contributed by atoms with E-state index in [1.165, 1.54) is 19.3 Å². The fourth-order valence-electron chi connectivity index (χ4n) is 4.77. The molecule has 7 nitrogen and oxygen atoms in total. The molecule has 0 unspecified atom stereocenters. The third-order valence-corrected chi connectivity index (χ3v) is 6.73. The SMILES string of the molecule is [B]c1ccc2c(-c3cnn4cc(-c5ccc(OCCN(CCC)CCCCC)cn5)cnc34)cccc2n1. The first-order valence-corrected chi connectivity index (χ1v) is 13.5. The fourth-order valence-corrected chi connectivity index (χ4v) is 4.77. The number of hydrogen-bond donors (Lipinski definition) is 0. The molecular formula is C30H33BN6O. The molecule has 4 aromatic heterocycles. The zero-order chi connectivity index (χ0) is 26.3. The minimum absolute atomic E-state index is 0.502. The topological polar surface area (TPSA) is 68.4 Å². The van der Waals surface area contributed by atoms with Crippen molar-refractivity contribution in [3.63, 3.8) is 0 Å². The van der Waals surface area contributed by atoms with Gasteiger partial charge in [-0.2, -0.15) is 5.10 Å². The molecule has 0 saturated heterocycles. The lowest BCUT2D eigenvalue weighted by Gasteiger charge is -2.21. The molecule has 2 radical (unpaired) electrons. The summed E-state index contributed by atoms with van der Waals surface area (Å²) < 4.78 is 7.79. The van der Waals surface area contributed by atoms with Gasteiger partial charge in [-0.1, -0.05) is 51.0 Å². The number of pyridine rings is 2. The van der Waals surface area contributed by atoms with Crippen LogP contribution in [0.15, 0.2) is 67.3 Å². The molecule has 0 amide bonds. The Kier molecular flexibility index (Phi) is 8.29. The van der Waals surface area contributed by atoms with Gasteiger partial charge in [0.25, 0.3) is 0 Å². The third kappa shape index (κ3) is 5.86. The summed E-state index contributed by atoms with van der Waals surface area (Å²) in [4.78, 5) is 16.3. The second-order valence-corrected chi connectivity index (χ2v) is 9.55. The second-order valence-electron chi connectivity index (χ2n) is 9.55. The maximum Gasteiger partial charge on any atom is 0.162 e. The lowest BCUT2D eigenvalue weighted by Crippen LogP contribution is -2.30. The summed E-state index contributed by atoms with van der Waals surface area (Å²) in [5.41, 5.74) is 5.79. The molecule has 4 heterocycles. The first-order chi connectivity index (χ1) is 18.7. The van der Waals surface area contributed by atoms with Crippen LogP contribution in [-0.2, 0) is 0 Å². The van der Waals surface area contributed by atoms with Gasteiger partial charge in [0.15, 0.2) is 5.65 Å². The van der Waals surface area contributed by atoms with Gasteiger partial charge in [-0.25, -0.2) is 9.50 Å². The molecule has 38 heavy (non-hydrogen) atoms. The van der Waals surface area contributed by atoms with Crippen molar-refractivity contribution >= 4 is 30.0 Å². The summed E-state index contributed by atoms with van der Waals surface area (Å²) in [6.45, 7) is 8.31. The molecule has 8 heteroatoms. The molecule has 0 aliphatic carbocycles. The number of benzene rings is 1. The van der Waals surface area contributed by atoms with E-state index in [1.54, 1.807) is 10.7 Å². The summed E-state index contributed by atoms with van der Waals surface area (Å²) >= 11 is 0. The van der Waals surface area contributed by atoms with Crippen LogP contribution in [0, 0.1) is 0 Å². The number of ether oxygens (including phenoxy) is 1. The molecular weight excluding hydrogens is 471 g/mol. The van der Waals surface area contributed by atoms with Gasteiger partial charge in [-0.3, -0.25) is 14.9 Å². The van der Waals surface area contributed by atoms with Gasteiger partial charge in [0, 0.05) is 35.5 Å². The van der Waals surface area contributed by atoms with Gasteiger partial charge in [-0.15, -0.1) is 0 Å². The van der Waals surface area contributed by atoms with Gasteiger partial charge in [0.2, 0.25) is 0 Å². The molecule has 0 N–H and O–H groups in total. The standard InChI is InChI=1S/C30H33BN6O/c1-3-5-6-15-36(14-4-2)16-17-38-23-10-12-27(32-19-23)22-18-33-30-26(20-34-37(30)21-22)24-8-7-9-28-25(24)11-13-29(31)35-28/h7-13,18-21H,3-6,14-17H2,1-2H3. The first-order valence-electron chi connectivity index (χ1n) is 13.5. The lowest BCUT2D eigenvalue weighted by atomic mass is 9.99. The molecule has 0 saturated carbocycles. The molecule has 0 bridgehead atoms. The van der Waals surface area contributed by atoms with Crippen molar-refractivity contribution in [3.05, 3.63) is 67.3 Å². The van der Waals surface area contributed by atoms with Crippen molar-refractivity contribution in [1.29, 1.82) is 0 Å². The highest BCUT2D eigenvalue weighted by atomic mass is 16.5. The van der Waals surface area contributed by atoms with Crippen LogP contribution in [0.5, 0.6) is 5.75 Å². The van der Waals surface area contributed by atoms with E-state index in [0.29, 0.717) is 12.2 Å². The van der Waals surface area contributed by atoms with E-state index >= 15 is 0 Å². The lowest BCUT2D eigenvalue weighted by molar-refractivity contribution is 0.205. The van der Waals surface area contributed by atoms with Crippen molar-refractivity contribution in [2.24, 2.45) is 0 Å². The normalized spacial score (nSPS) is 11.6. The van der Waals surface area contributed by atoms with Crippen molar-refractivity contribution < 1.29 is 4.74 Å². The van der Waals surface area contributed by atoms with E-state index in [2.05, 4.69) is 39.9 Å².